The van der Waals surface area contributed by atoms with E-state index in [0.717, 1.165) is 17.3 Å². The summed E-state index contributed by atoms with van der Waals surface area (Å²) in [6.45, 7) is 8.17. The van der Waals surface area contributed by atoms with Crippen molar-refractivity contribution >= 4 is 33.3 Å². The van der Waals surface area contributed by atoms with Crippen LogP contribution in [0.3, 0.4) is 0 Å². The molecule has 0 radical (unpaired) electrons. The molecule has 2 aliphatic heterocycles. The number of hydrogen-bond donors (Lipinski definition) is 1. The van der Waals surface area contributed by atoms with E-state index in [1.807, 2.05) is 56.9 Å². The quantitative estimate of drug-likeness (QED) is 0.282. The number of piperazine rings is 1. The third-order valence-corrected chi connectivity index (χ3v) is 9.11. The predicted molar refractivity (Wildman–Crippen MR) is 145 cm³/mol. The maximum Gasteiger partial charge on any atom is 0.309 e. The second-order valence-corrected chi connectivity index (χ2v) is 12.4. The van der Waals surface area contributed by atoms with E-state index in [1.165, 1.54) is 18.2 Å². The Bertz CT molecular complexity index is 1380. The lowest BCUT2D eigenvalue weighted by molar-refractivity contribution is -0.387. The highest BCUT2D eigenvalue weighted by Gasteiger charge is 2.45. The normalized spacial score (nSPS) is 22.5. The maximum atomic E-state index is 13.4. The zero-order valence-electron chi connectivity index (χ0n) is 22.5. The minimum Gasteiger partial charge on any atom is -0.460 e. The second kappa shape index (κ2) is 11.0. The molecule has 2 aromatic rings. The van der Waals surface area contributed by atoms with Gasteiger partial charge in [0, 0.05) is 30.4 Å². The molecule has 2 aliphatic rings. The van der Waals surface area contributed by atoms with E-state index in [9.17, 15) is 28.1 Å². The minimum absolute atomic E-state index is 0.0168. The Morgan fingerprint density at radius 2 is 1.82 bits per heavy atom. The highest BCUT2D eigenvalue weighted by molar-refractivity contribution is 7.89. The van der Waals surface area contributed by atoms with Gasteiger partial charge in [-0.05, 0) is 51.3 Å². The Labute approximate surface area is 228 Å². The topological polar surface area (TPSA) is 139 Å². The fourth-order valence-electron chi connectivity index (χ4n) is 5.25. The van der Waals surface area contributed by atoms with Gasteiger partial charge >= 0.3 is 5.97 Å². The lowest BCUT2D eigenvalue weighted by Gasteiger charge is -2.48. The molecule has 4 rings (SSSR count). The molecule has 0 aliphatic carbocycles. The Hall–Kier alpha value is -3.35. The van der Waals surface area contributed by atoms with Gasteiger partial charge < -0.3 is 9.64 Å². The summed E-state index contributed by atoms with van der Waals surface area (Å²) in [5.41, 5.74) is 0.666. The van der Waals surface area contributed by atoms with E-state index in [0.29, 0.717) is 19.4 Å². The molecular formula is C27H34N4O7S. The Morgan fingerprint density at radius 1 is 1.15 bits per heavy atom. The molecule has 3 atom stereocenters. The first kappa shape index (κ1) is 28.7. The number of hydrogen-bond acceptors (Lipinski definition) is 8. The Morgan fingerprint density at radius 3 is 2.46 bits per heavy atom. The molecular weight excluding hydrogens is 524 g/mol. The van der Waals surface area contributed by atoms with E-state index in [4.69, 9.17) is 4.74 Å². The molecule has 0 saturated carbocycles. The lowest BCUT2D eigenvalue weighted by Crippen LogP contribution is -2.65. The molecule has 12 heteroatoms. The fourth-order valence-corrected chi connectivity index (χ4v) is 6.68. The van der Waals surface area contributed by atoms with Crippen LogP contribution in [0.25, 0.3) is 0 Å². The minimum atomic E-state index is -4.38. The van der Waals surface area contributed by atoms with Crippen molar-refractivity contribution in [3.8, 4) is 0 Å². The Kier molecular flexibility index (Phi) is 8.10. The number of nitrogens with zero attached hydrogens (tertiary/aromatic N) is 3. The van der Waals surface area contributed by atoms with E-state index >= 15 is 0 Å². The number of amides is 1. The van der Waals surface area contributed by atoms with Gasteiger partial charge in [0.15, 0.2) is 4.90 Å². The number of cyclic esters (lactones) is 1. The molecule has 2 saturated heterocycles. The van der Waals surface area contributed by atoms with Gasteiger partial charge in [-0.1, -0.05) is 37.3 Å². The first-order chi connectivity index (χ1) is 18.3. The number of anilines is 1. The number of nitrogens with one attached hydrogen (secondary N) is 1. The van der Waals surface area contributed by atoms with Crippen molar-refractivity contribution in [3.63, 3.8) is 0 Å². The second-order valence-electron chi connectivity index (χ2n) is 10.7. The molecule has 11 nitrogen and oxygen atoms in total. The van der Waals surface area contributed by atoms with Gasteiger partial charge in [-0.2, -0.15) is 0 Å². The van der Waals surface area contributed by atoms with Gasteiger partial charge in [0.1, 0.15) is 6.10 Å². The molecule has 2 fully saturated rings. The number of sulfonamides is 1. The third kappa shape index (κ3) is 5.97. The van der Waals surface area contributed by atoms with Crippen molar-refractivity contribution in [2.45, 2.75) is 63.1 Å². The van der Waals surface area contributed by atoms with E-state index in [-0.39, 0.29) is 24.9 Å². The highest BCUT2D eigenvalue weighted by Crippen LogP contribution is 2.32. The molecule has 0 aromatic heterocycles. The van der Waals surface area contributed by atoms with E-state index < -0.39 is 49.2 Å². The SMILES string of the molecule is CC[C@@H]1C[C@@H]([C@H](CN2CC(=O)N(c3ccccc3C)CC2(C)C)NS(=O)(=O)c2ccccc2[N+](=O)[O-])OC1=O. The van der Waals surface area contributed by atoms with Crippen LogP contribution in [0.2, 0.25) is 0 Å². The fraction of sp³-hybridized carbons (Fsp3) is 0.481. The summed E-state index contributed by atoms with van der Waals surface area (Å²) in [7, 11) is -4.38. The van der Waals surface area contributed by atoms with Crippen LogP contribution in [0.5, 0.6) is 0 Å². The predicted octanol–water partition coefficient (Wildman–Crippen LogP) is 3.02. The Balaban J connectivity index is 1.64. The summed E-state index contributed by atoms with van der Waals surface area (Å²) in [5.74, 6) is -0.920. The number of nitro benzene ring substituents is 1. The van der Waals surface area contributed by atoms with Crippen LogP contribution in [-0.4, -0.2) is 67.4 Å². The van der Waals surface area contributed by atoms with Crippen molar-refractivity contribution in [3.05, 3.63) is 64.2 Å². The largest absolute Gasteiger partial charge is 0.460 e. The maximum absolute atomic E-state index is 13.4. The van der Waals surface area contributed by atoms with Gasteiger partial charge in [-0.25, -0.2) is 13.1 Å². The molecule has 0 bridgehead atoms. The number of carbonyl (C=O) groups is 2. The standard InChI is InChI=1S/C27H34N4O7S/c1-5-19-14-23(38-26(19)33)20(28-39(36,37)24-13-9-8-12-22(24)31(34)35)15-29-16-25(32)30(17-27(29,3)4)21-11-7-6-10-18(21)2/h6-13,19-20,23,28H,5,14-17H2,1-4H3/t19-,20+,23+/m1/s1. The number of rotatable bonds is 9. The molecule has 0 spiro atoms. The average molecular weight is 559 g/mol. The number of nitro groups is 1. The molecule has 2 heterocycles. The van der Waals surface area contributed by atoms with Crippen LogP contribution < -0.4 is 9.62 Å². The van der Waals surface area contributed by atoms with E-state index in [2.05, 4.69) is 4.72 Å². The van der Waals surface area contributed by atoms with Crippen LogP contribution in [0.1, 0.15) is 39.2 Å². The number of esters is 1. The first-order valence-electron chi connectivity index (χ1n) is 12.9. The van der Waals surface area contributed by atoms with Gasteiger partial charge in [0.2, 0.25) is 15.9 Å². The van der Waals surface area contributed by atoms with Crippen molar-refractivity contribution in [2.24, 2.45) is 5.92 Å². The molecule has 1 amide bonds. The van der Waals surface area contributed by atoms with Crippen LogP contribution in [0.4, 0.5) is 11.4 Å². The lowest BCUT2D eigenvalue weighted by atomic mass is 9.94. The van der Waals surface area contributed by atoms with E-state index in [1.54, 1.807) is 4.90 Å². The summed E-state index contributed by atoms with van der Waals surface area (Å²) in [5, 5.41) is 11.5. The van der Waals surface area contributed by atoms with Crippen molar-refractivity contribution < 1.29 is 27.7 Å². The smallest absolute Gasteiger partial charge is 0.309 e. The molecule has 39 heavy (non-hydrogen) atoms. The summed E-state index contributed by atoms with van der Waals surface area (Å²) in [6, 6.07) is 11.8. The van der Waals surface area contributed by atoms with Gasteiger partial charge in [0.05, 0.1) is 23.4 Å². The van der Waals surface area contributed by atoms with Gasteiger partial charge in [-0.3, -0.25) is 24.6 Å². The molecule has 210 valence electrons. The first-order valence-corrected chi connectivity index (χ1v) is 14.4. The summed E-state index contributed by atoms with van der Waals surface area (Å²) in [6.07, 6.45) is 0.0509. The average Bonchev–Trinajstić information content (AvgIpc) is 3.26. The number of benzene rings is 2. The molecule has 2 aromatic carbocycles. The van der Waals surface area contributed by atoms with Crippen molar-refractivity contribution in [1.29, 1.82) is 0 Å². The van der Waals surface area contributed by atoms with Crippen molar-refractivity contribution in [2.75, 3.05) is 24.5 Å². The number of aryl methyl sites for hydroxylation is 1. The summed E-state index contributed by atoms with van der Waals surface area (Å²) >= 11 is 0. The van der Waals surface area contributed by atoms with Crippen molar-refractivity contribution in [1.82, 2.24) is 9.62 Å². The van der Waals surface area contributed by atoms with Crippen LogP contribution in [-0.2, 0) is 24.3 Å². The van der Waals surface area contributed by atoms with Gasteiger partial charge in [0.25, 0.3) is 5.69 Å². The number of carbonyl (C=O) groups excluding carboxylic acids is 2. The summed E-state index contributed by atoms with van der Waals surface area (Å²) < 4.78 is 35.1. The van der Waals surface area contributed by atoms with Crippen LogP contribution in [0, 0.1) is 23.0 Å². The zero-order valence-corrected chi connectivity index (χ0v) is 23.3. The summed E-state index contributed by atoms with van der Waals surface area (Å²) in [4.78, 5) is 39.7. The monoisotopic (exact) mass is 558 g/mol. The number of ether oxygens (including phenoxy) is 1. The van der Waals surface area contributed by atoms with Gasteiger partial charge in [-0.15, -0.1) is 0 Å². The highest BCUT2D eigenvalue weighted by atomic mass is 32.2. The number of para-hydroxylation sites is 2. The zero-order chi connectivity index (χ0) is 28.5. The van der Waals surface area contributed by atoms with Crippen LogP contribution >= 0.6 is 0 Å². The third-order valence-electron chi connectivity index (χ3n) is 7.57. The van der Waals surface area contributed by atoms with Crippen LogP contribution in [0.15, 0.2) is 53.4 Å². The molecule has 0 unspecified atom stereocenters. The molecule has 1 N–H and O–H groups in total.